The molecule has 0 nitrogen and oxygen atoms in total. The summed E-state index contributed by atoms with van der Waals surface area (Å²) in [5, 5.41) is 0. The van der Waals surface area contributed by atoms with Gasteiger partial charge in [0.05, 0.1) is 0 Å². The molecule has 0 aromatic rings. The molecule has 0 aromatic carbocycles. The Hall–Kier alpha value is -0.400. The monoisotopic (exact) mass is 296 g/mol. The number of halogens is 2. The molecule has 4 unspecified atom stereocenters. The van der Waals surface area contributed by atoms with Gasteiger partial charge in [-0.3, -0.25) is 0 Å². The van der Waals surface area contributed by atoms with Crippen LogP contribution in [0.1, 0.15) is 71.1 Å². The molecule has 2 heteroatoms. The Morgan fingerprint density at radius 3 is 1.90 bits per heavy atom. The largest absolute Gasteiger partial charge is 0.266 e. The minimum atomic E-state index is -1.47. The van der Waals surface area contributed by atoms with E-state index in [1.807, 2.05) is 0 Å². The van der Waals surface area contributed by atoms with Crippen LogP contribution in [-0.4, -0.2) is 0 Å². The van der Waals surface area contributed by atoms with Gasteiger partial charge >= 0.3 is 0 Å². The summed E-state index contributed by atoms with van der Waals surface area (Å²) in [5.41, 5.74) is 0. The van der Waals surface area contributed by atoms with E-state index in [4.69, 9.17) is 0 Å². The summed E-state index contributed by atoms with van der Waals surface area (Å²) in [6.07, 6.45) is 12.8. The molecule has 0 radical (unpaired) electrons. The predicted molar refractivity (Wildman–Crippen MR) is 83.1 cm³/mol. The van der Waals surface area contributed by atoms with Crippen LogP contribution in [0, 0.1) is 35.5 Å². The molecule has 0 spiro atoms. The molecule has 0 heterocycles. The van der Waals surface area contributed by atoms with E-state index in [0.717, 1.165) is 42.4 Å². The Morgan fingerprint density at radius 1 is 0.714 bits per heavy atom. The quantitative estimate of drug-likeness (QED) is 0.551. The van der Waals surface area contributed by atoms with Gasteiger partial charge in [-0.25, -0.2) is 0 Å². The fourth-order valence-corrected chi connectivity index (χ4v) is 5.48. The maximum atomic E-state index is 12.4. The van der Waals surface area contributed by atoms with Crippen molar-refractivity contribution in [2.45, 2.75) is 71.1 Å². The van der Waals surface area contributed by atoms with E-state index < -0.39 is 6.08 Å². The van der Waals surface area contributed by atoms with E-state index >= 15 is 0 Å². The van der Waals surface area contributed by atoms with Crippen molar-refractivity contribution in [3.8, 4) is 0 Å². The minimum absolute atomic E-state index is 0.156. The van der Waals surface area contributed by atoms with Crippen LogP contribution in [0.3, 0.4) is 0 Å². The molecule has 0 amide bonds. The van der Waals surface area contributed by atoms with E-state index in [1.54, 1.807) is 0 Å². The molecule has 3 fully saturated rings. The van der Waals surface area contributed by atoms with E-state index in [-0.39, 0.29) is 5.92 Å². The van der Waals surface area contributed by atoms with Gasteiger partial charge in [0.15, 0.2) is 0 Å². The normalized spacial score (nSPS) is 44.0. The summed E-state index contributed by atoms with van der Waals surface area (Å²) in [6.45, 7) is 2.39. The maximum absolute atomic E-state index is 12.4. The Labute approximate surface area is 128 Å². The van der Waals surface area contributed by atoms with E-state index in [2.05, 4.69) is 6.92 Å². The third-order valence-corrected chi connectivity index (χ3v) is 6.78. The Bertz CT molecular complexity index is 364. The van der Waals surface area contributed by atoms with Gasteiger partial charge in [0.1, 0.15) is 0 Å². The van der Waals surface area contributed by atoms with Gasteiger partial charge in [0.2, 0.25) is 0 Å². The van der Waals surface area contributed by atoms with Crippen LogP contribution in [0.5, 0.6) is 0 Å². The number of rotatable bonds is 2. The highest BCUT2D eigenvalue weighted by molar-refractivity contribution is 4.96. The molecule has 0 N–H and O–H groups in total. The van der Waals surface area contributed by atoms with Crippen LogP contribution in [-0.2, 0) is 0 Å². The summed E-state index contributed by atoms with van der Waals surface area (Å²) >= 11 is 0. The molecular formula is C19H30F2. The Balaban J connectivity index is 1.52. The molecule has 0 saturated heterocycles. The topological polar surface area (TPSA) is 0 Å². The lowest BCUT2D eigenvalue weighted by atomic mass is 9.61. The summed E-state index contributed by atoms with van der Waals surface area (Å²) in [7, 11) is 0. The van der Waals surface area contributed by atoms with Crippen molar-refractivity contribution in [1.29, 1.82) is 0 Å². The lowest BCUT2D eigenvalue weighted by Gasteiger charge is -2.44. The van der Waals surface area contributed by atoms with Crippen molar-refractivity contribution >= 4 is 0 Å². The van der Waals surface area contributed by atoms with Crippen molar-refractivity contribution in [2.24, 2.45) is 35.5 Å². The second kappa shape index (κ2) is 6.79. The highest BCUT2D eigenvalue weighted by Gasteiger charge is 2.38. The molecule has 21 heavy (non-hydrogen) atoms. The number of hydrogen-bond donors (Lipinski definition) is 0. The Morgan fingerprint density at radius 2 is 1.24 bits per heavy atom. The van der Waals surface area contributed by atoms with E-state index in [0.29, 0.717) is 0 Å². The standard InChI is InChI=1S/C19H30F2/c1-13-2-5-15(6-3-13)17-9-8-16-10-14(11-19(20)21)4-7-18(16)12-17/h11,13-18H,2-10,12H2,1H3. The molecule has 3 rings (SSSR count). The zero-order chi connectivity index (χ0) is 14.8. The van der Waals surface area contributed by atoms with Gasteiger partial charge in [0.25, 0.3) is 6.08 Å². The molecule has 120 valence electrons. The highest BCUT2D eigenvalue weighted by atomic mass is 19.3. The summed E-state index contributed by atoms with van der Waals surface area (Å²) < 4.78 is 24.9. The van der Waals surface area contributed by atoms with Crippen LogP contribution in [0.15, 0.2) is 12.2 Å². The van der Waals surface area contributed by atoms with Gasteiger partial charge < -0.3 is 0 Å². The smallest absolute Gasteiger partial charge is 0.174 e. The van der Waals surface area contributed by atoms with Crippen LogP contribution in [0.4, 0.5) is 8.78 Å². The minimum Gasteiger partial charge on any atom is -0.174 e. The van der Waals surface area contributed by atoms with Crippen LogP contribution < -0.4 is 0 Å². The third kappa shape index (κ3) is 3.87. The number of allylic oxidation sites excluding steroid dienone is 1. The lowest BCUT2D eigenvalue weighted by Crippen LogP contribution is -2.34. The first kappa shape index (κ1) is 15.5. The summed E-state index contributed by atoms with van der Waals surface area (Å²) in [5.74, 6) is 4.60. The lowest BCUT2D eigenvalue weighted by molar-refractivity contribution is 0.0684. The molecule has 0 aromatic heterocycles. The third-order valence-electron chi connectivity index (χ3n) is 6.78. The first-order valence-corrected chi connectivity index (χ1v) is 9.14. The summed E-state index contributed by atoms with van der Waals surface area (Å²) in [6, 6.07) is 0. The molecule has 4 atom stereocenters. The summed E-state index contributed by atoms with van der Waals surface area (Å²) in [4.78, 5) is 0. The number of hydrogen-bond acceptors (Lipinski definition) is 0. The zero-order valence-corrected chi connectivity index (χ0v) is 13.4. The van der Waals surface area contributed by atoms with Crippen molar-refractivity contribution in [2.75, 3.05) is 0 Å². The molecule has 3 aliphatic carbocycles. The maximum Gasteiger partial charge on any atom is 0.266 e. The predicted octanol–water partition coefficient (Wildman–Crippen LogP) is 6.43. The van der Waals surface area contributed by atoms with E-state index in [1.165, 1.54) is 57.4 Å². The average molecular weight is 296 g/mol. The van der Waals surface area contributed by atoms with Crippen molar-refractivity contribution in [3.05, 3.63) is 12.2 Å². The van der Waals surface area contributed by atoms with Crippen molar-refractivity contribution in [1.82, 2.24) is 0 Å². The van der Waals surface area contributed by atoms with Gasteiger partial charge in [0, 0.05) is 0 Å². The second-order valence-electron chi connectivity index (χ2n) is 8.14. The number of fused-ring (bicyclic) bond motifs is 1. The zero-order valence-electron chi connectivity index (χ0n) is 13.4. The first-order chi connectivity index (χ1) is 10.1. The fraction of sp³-hybridized carbons (Fsp3) is 0.895. The van der Waals surface area contributed by atoms with Crippen LogP contribution in [0.25, 0.3) is 0 Å². The highest BCUT2D eigenvalue weighted by Crippen LogP contribution is 2.49. The van der Waals surface area contributed by atoms with Crippen LogP contribution >= 0.6 is 0 Å². The molecule has 3 aliphatic rings. The molecule has 0 bridgehead atoms. The fourth-order valence-electron chi connectivity index (χ4n) is 5.48. The van der Waals surface area contributed by atoms with Crippen LogP contribution in [0.2, 0.25) is 0 Å². The second-order valence-corrected chi connectivity index (χ2v) is 8.14. The average Bonchev–Trinajstić information content (AvgIpc) is 2.47. The SMILES string of the molecule is CC1CCC(C2CCC3CC(C=C(F)F)CCC3C2)CC1. The molecular weight excluding hydrogens is 266 g/mol. The first-order valence-electron chi connectivity index (χ1n) is 9.14. The molecule has 3 saturated carbocycles. The van der Waals surface area contributed by atoms with Gasteiger partial charge in [-0.05, 0) is 93.0 Å². The van der Waals surface area contributed by atoms with Gasteiger partial charge in [-0.2, -0.15) is 8.78 Å². The van der Waals surface area contributed by atoms with Crippen molar-refractivity contribution < 1.29 is 8.78 Å². The van der Waals surface area contributed by atoms with Crippen molar-refractivity contribution in [3.63, 3.8) is 0 Å². The molecule has 0 aliphatic heterocycles. The van der Waals surface area contributed by atoms with Gasteiger partial charge in [-0.15, -0.1) is 0 Å². The Kier molecular flexibility index (Phi) is 5.01. The van der Waals surface area contributed by atoms with E-state index in [9.17, 15) is 8.78 Å². The van der Waals surface area contributed by atoms with Gasteiger partial charge in [-0.1, -0.05) is 19.8 Å².